The molecule has 0 aliphatic carbocycles. The van der Waals surface area contributed by atoms with Gasteiger partial charge in [-0.05, 0) is 55.3 Å². The van der Waals surface area contributed by atoms with Crippen LogP contribution in [0.5, 0.6) is 11.5 Å². The SMILES string of the molecule is COC(=O)C1(Cc2ccc3c(c2)C=CC(C)(C)O3)OC(=O)C(O)=C1c1ccc(O)cc1. The second-order valence-electron chi connectivity index (χ2n) is 8.07. The first-order chi connectivity index (χ1) is 14.6. The Bertz CT molecular complexity index is 1130. The lowest BCUT2D eigenvalue weighted by atomic mass is 9.83. The average Bonchev–Trinajstić information content (AvgIpc) is 2.98. The lowest BCUT2D eigenvalue weighted by Crippen LogP contribution is -2.44. The molecule has 0 fully saturated rings. The molecule has 2 heterocycles. The summed E-state index contributed by atoms with van der Waals surface area (Å²) in [7, 11) is 1.19. The van der Waals surface area contributed by atoms with Crippen LogP contribution in [-0.4, -0.2) is 40.5 Å². The van der Waals surface area contributed by atoms with E-state index >= 15 is 0 Å². The van der Waals surface area contributed by atoms with Crippen LogP contribution in [0.4, 0.5) is 0 Å². The number of rotatable bonds is 4. The number of methoxy groups -OCH3 is 1. The Morgan fingerprint density at radius 3 is 2.45 bits per heavy atom. The van der Waals surface area contributed by atoms with E-state index in [0.717, 1.165) is 5.56 Å². The van der Waals surface area contributed by atoms with Crippen molar-refractivity contribution in [1.82, 2.24) is 0 Å². The maximum absolute atomic E-state index is 12.9. The van der Waals surface area contributed by atoms with Crippen LogP contribution in [0, 0.1) is 0 Å². The van der Waals surface area contributed by atoms with Gasteiger partial charge in [0.05, 0.1) is 12.7 Å². The van der Waals surface area contributed by atoms with E-state index in [1.54, 1.807) is 12.1 Å². The summed E-state index contributed by atoms with van der Waals surface area (Å²) in [6, 6.07) is 11.2. The molecule has 0 bridgehead atoms. The lowest BCUT2D eigenvalue weighted by Gasteiger charge is -2.30. The number of fused-ring (bicyclic) bond motifs is 1. The molecule has 2 aromatic carbocycles. The first-order valence-electron chi connectivity index (χ1n) is 9.71. The Labute approximate surface area is 179 Å². The average molecular weight is 422 g/mol. The zero-order chi connectivity index (χ0) is 22.4. The van der Waals surface area contributed by atoms with Gasteiger partial charge in [-0.3, -0.25) is 0 Å². The number of benzene rings is 2. The van der Waals surface area contributed by atoms with E-state index < -0.39 is 28.9 Å². The minimum Gasteiger partial charge on any atom is -0.508 e. The van der Waals surface area contributed by atoms with Gasteiger partial charge in [-0.1, -0.05) is 24.3 Å². The smallest absolute Gasteiger partial charge is 0.375 e. The molecule has 0 radical (unpaired) electrons. The Balaban J connectivity index is 1.80. The largest absolute Gasteiger partial charge is 0.508 e. The van der Waals surface area contributed by atoms with Crippen molar-refractivity contribution in [2.24, 2.45) is 0 Å². The zero-order valence-corrected chi connectivity index (χ0v) is 17.3. The van der Waals surface area contributed by atoms with Gasteiger partial charge in [0.25, 0.3) is 0 Å². The molecule has 0 aromatic heterocycles. The van der Waals surface area contributed by atoms with E-state index in [1.807, 2.05) is 32.1 Å². The Kier molecular flexibility index (Phi) is 4.76. The van der Waals surface area contributed by atoms with Crippen molar-refractivity contribution in [2.45, 2.75) is 31.5 Å². The second kappa shape index (κ2) is 7.19. The quantitative estimate of drug-likeness (QED) is 0.727. The molecule has 2 aliphatic heterocycles. The van der Waals surface area contributed by atoms with Crippen LogP contribution in [-0.2, 0) is 25.5 Å². The fraction of sp³-hybridized carbons (Fsp3) is 0.250. The van der Waals surface area contributed by atoms with Crippen molar-refractivity contribution in [3.05, 3.63) is 71.0 Å². The third-order valence-electron chi connectivity index (χ3n) is 5.34. The molecule has 2 N–H and O–H groups in total. The number of hydrogen-bond donors (Lipinski definition) is 2. The summed E-state index contributed by atoms with van der Waals surface area (Å²) in [6.07, 6.45) is 3.80. The number of aliphatic hydroxyl groups excluding tert-OH is 1. The summed E-state index contributed by atoms with van der Waals surface area (Å²) in [4.78, 5) is 25.3. The fourth-order valence-electron chi connectivity index (χ4n) is 3.88. The number of aromatic hydroxyl groups is 1. The Hall–Kier alpha value is -3.74. The number of cyclic esters (lactones) is 1. The third-order valence-corrected chi connectivity index (χ3v) is 5.34. The molecule has 2 aromatic rings. The van der Waals surface area contributed by atoms with Crippen molar-refractivity contribution in [2.75, 3.05) is 7.11 Å². The maximum Gasteiger partial charge on any atom is 0.375 e. The highest BCUT2D eigenvalue weighted by Gasteiger charge is 2.55. The number of hydrogen-bond acceptors (Lipinski definition) is 7. The number of phenols is 1. The third kappa shape index (κ3) is 3.52. The maximum atomic E-state index is 12.9. The first-order valence-corrected chi connectivity index (χ1v) is 9.71. The molecule has 0 amide bonds. The van der Waals surface area contributed by atoms with E-state index in [-0.39, 0.29) is 17.7 Å². The summed E-state index contributed by atoms with van der Waals surface area (Å²) in [5.74, 6) is -1.81. The van der Waals surface area contributed by atoms with Gasteiger partial charge in [0.15, 0.2) is 0 Å². The number of ether oxygens (including phenoxy) is 3. The highest BCUT2D eigenvalue weighted by Crippen LogP contribution is 2.43. The first kappa shape index (κ1) is 20.5. The number of phenolic OH excluding ortho intramolecular Hbond substituents is 1. The summed E-state index contributed by atoms with van der Waals surface area (Å²) in [5.41, 5.74) is -0.455. The topological polar surface area (TPSA) is 102 Å². The molecular formula is C24H22O7. The summed E-state index contributed by atoms with van der Waals surface area (Å²) in [5, 5.41) is 20.1. The molecule has 7 heteroatoms. The highest BCUT2D eigenvalue weighted by atomic mass is 16.6. The Morgan fingerprint density at radius 2 is 1.77 bits per heavy atom. The Morgan fingerprint density at radius 1 is 1.06 bits per heavy atom. The minimum atomic E-state index is -1.88. The molecule has 0 spiro atoms. The zero-order valence-electron chi connectivity index (χ0n) is 17.3. The normalized spacial score (nSPS) is 21.3. The monoisotopic (exact) mass is 422 g/mol. The van der Waals surface area contributed by atoms with Crippen LogP contribution in [0.25, 0.3) is 11.6 Å². The molecule has 1 atom stereocenters. The molecular weight excluding hydrogens is 400 g/mol. The molecule has 160 valence electrons. The van der Waals surface area contributed by atoms with Gasteiger partial charge in [0.2, 0.25) is 11.4 Å². The number of carbonyl (C=O) groups excluding carboxylic acids is 2. The van der Waals surface area contributed by atoms with E-state index in [1.165, 1.54) is 31.4 Å². The molecule has 2 aliphatic rings. The fourth-order valence-corrected chi connectivity index (χ4v) is 3.88. The number of esters is 2. The van der Waals surface area contributed by atoms with Crippen LogP contribution >= 0.6 is 0 Å². The lowest BCUT2D eigenvalue weighted by molar-refractivity contribution is -0.169. The van der Waals surface area contributed by atoms with Gasteiger partial charge in [-0.15, -0.1) is 0 Å². The van der Waals surface area contributed by atoms with Crippen molar-refractivity contribution >= 4 is 23.6 Å². The van der Waals surface area contributed by atoms with Gasteiger partial charge in [-0.2, -0.15) is 0 Å². The standard InChI is InChI=1S/C24H22O7/c1-23(2)11-10-16-12-14(4-9-18(16)30-23)13-24(22(28)29-3)19(20(26)21(27)31-24)15-5-7-17(25)8-6-15/h4-12,25-26H,13H2,1-3H3. The van der Waals surface area contributed by atoms with Gasteiger partial charge in [0, 0.05) is 12.0 Å². The predicted molar refractivity (Wildman–Crippen MR) is 112 cm³/mol. The van der Waals surface area contributed by atoms with Gasteiger partial charge >= 0.3 is 11.9 Å². The van der Waals surface area contributed by atoms with Gasteiger partial charge in [0.1, 0.15) is 17.1 Å². The highest BCUT2D eigenvalue weighted by molar-refractivity contribution is 6.11. The van der Waals surface area contributed by atoms with Crippen LogP contribution in [0.2, 0.25) is 0 Å². The minimum absolute atomic E-state index is 0.00199. The van der Waals surface area contributed by atoms with Crippen LogP contribution in [0.1, 0.15) is 30.5 Å². The van der Waals surface area contributed by atoms with Crippen LogP contribution in [0.15, 0.2) is 54.3 Å². The number of carbonyl (C=O) groups is 2. The van der Waals surface area contributed by atoms with Crippen molar-refractivity contribution in [3.63, 3.8) is 0 Å². The van der Waals surface area contributed by atoms with Crippen molar-refractivity contribution in [1.29, 1.82) is 0 Å². The van der Waals surface area contributed by atoms with E-state index in [9.17, 15) is 19.8 Å². The van der Waals surface area contributed by atoms with Crippen molar-refractivity contribution in [3.8, 4) is 11.5 Å². The molecule has 4 rings (SSSR count). The van der Waals surface area contributed by atoms with Gasteiger partial charge in [-0.25, -0.2) is 9.59 Å². The van der Waals surface area contributed by atoms with Crippen LogP contribution in [0.3, 0.4) is 0 Å². The van der Waals surface area contributed by atoms with Gasteiger partial charge < -0.3 is 24.4 Å². The van der Waals surface area contributed by atoms with E-state index in [0.29, 0.717) is 16.9 Å². The van der Waals surface area contributed by atoms with E-state index in [2.05, 4.69) is 0 Å². The molecule has 0 saturated heterocycles. The summed E-state index contributed by atoms with van der Waals surface area (Å²) >= 11 is 0. The number of aliphatic hydroxyl groups is 1. The predicted octanol–water partition coefficient (Wildman–Crippen LogP) is 3.56. The molecule has 7 nitrogen and oxygen atoms in total. The summed E-state index contributed by atoms with van der Waals surface area (Å²) < 4.78 is 16.4. The van der Waals surface area contributed by atoms with Crippen molar-refractivity contribution < 1.29 is 34.0 Å². The molecule has 31 heavy (non-hydrogen) atoms. The molecule has 0 saturated carbocycles. The van der Waals surface area contributed by atoms with Crippen LogP contribution < -0.4 is 4.74 Å². The van der Waals surface area contributed by atoms with E-state index in [4.69, 9.17) is 14.2 Å². The molecule has 1 unspecified atom stereocenters. The summed E-state index contributed by atoms with van der Waals surface area (Å²) in [6.45, 7) is 3.89. The second-order valence-corrected chi connectivity index (χ2v) is 8.07.